The van der Waals surface area contributed by atoms with Crippen LogP contribution in [-0.4, -0.2) is 12.7 Å². The number of amides is 1. The first-order valence-corrected chi connectivity index (χ1v) is 9.80. The summed E-state index contributed by atoms with van der Waals surface area (Å²) in [6.45, 7) is 4.81. The molecule has 2 aromatic rings. The molecule has 4 heteroatoms. The fourth-order valence-electron chi connectivity index (χ4n) is 2.93. The summed E-state index contributed by atoms with van der Waals surface area (Å²) in [7, 11) is 0. The zero-order valence-electron chi connectivity index (χ0n) is 15.6. The molecule has 0 radical (unpaired) electrons. The number of hydrogen-bond acceptors (Lipinski definition) is 2. The maximum atomic E-state index is 12.3. The predicted molar refractivity (Wildman–Crippen MR) is 110 cm³/mol. The van der Waals surface area contributed by atoms with E-state index >= 15 is 0 Å². The van der Waals surface area contributed by atoms with Crippen LogP contribution in [0.15, 0.2) is 48.5 Å². The predicted octanol–water partition coefficient (Wildman–Crippen LogP) is 7.16. The van der Waals surface area contributed by atoms with E-state index in [4.69, 9.17) is 16.3 Å². The van der Waals surface area contributed by atoms with E-state index in [1.807, 2.05) is 48.5 Å². The van der Waals surface area contributed by atoms with Crippen LogP contribution in [0.25, 0.3) is 11.1 Å². The second-order valence-electron chi connectivity index (χ2n) is 6.55. The summed E-state index contributed by atoms with van der Waals surface area (Å²) in [6.07, 6.45) is 5.35. The monoisotopic (exact) mass is 373 g/mol. The number of halogens is 1. The van der Waals surface area contributed by atoms with Crippen molar-refractivity contribution in [3.05, 3.63) is 53.6 Å². The van der Waals surface area contributed by atoms with Crippen LogP contribution in [0.4, 0.5) is 10.5 Å². The molecule has 1 amide bonds. The Morgan fingerprint density at radius 1 is 1.12 bits per heavy atom. The van der Waals surface area contributed by atoms with Crippen molar-refractivity contribution in [3.8, 4) is 11.1 Å². The molecule has 2 aromatic carbocycles. The molecule has 0 aliphatic heterocycles. The van der Waals surface area contributed by atoms with E-state index in [9.17, 15) is 4.79 Å². The van der Waals surface area contributed by atoms with Gasteiger partial charge in [0, 0.05) is 10.6 Å². The molecule has 140 valence electrons. The van der Waals surface area contributed by atoms with Crippen molar-refractivity contribution in [2.24, 2.45) is 5.92 Å². The molecule has 0 heterocycles. The number of carbonyl (C=O) groups is 1. The Morgan fingerprint density at radius 2 is 1.92 bits per heavy atom. The van der Waals surface area contributed by atoms with Crippen molar-refractivity contribution in [2.75, 3.05) is 11.9 Å². The molecule has 0 aliphatic rings. The summed E-state index contributed by atoms with van der Waals surface area (Å²) in [6, 6.07) is 15.2. The van der Waals surface area contributed by atoms with Gasteiger partial charge in [-0.1, -0.05) is 81.5 Å². The highest BCUT2D eigenvalue weighted by Gasteiger charge is 2.12. The number of rotatable bonds is 9. The lowest BCUT2D eigenvalue weighted by Crippen LogP contribution is -2.19. The van der Waals surface area contributed by atoms with Gasteiger partial charge in [-0.15, -0.1) is 0 Å². The van der Waals surface area contributed by atoms with E-state index in [1.165, 1.54) is 19.3 Å². The molecule has 26 heavy (non-hydrogen) atoms. The Bertz CT molecular complexity index is 702. The Hall–Kier alpha value is -2.00. The van der Waals surface area contributed by atoms with Gasteiger partial charge in [-0.05, 0) is 36.1 Å². The van der Waals surface area contributed by atoms with Crippen molar-refractivity contribution in [1.82, 2.24) is 0 Å². The van der Waals surface area contributed by atoms with E-state index < -0.39 is 6.09 Å². The minimum absolute atomic E-state index is 0.409. The molecule has 0 fully saturated rings. The van der Waals surface area contributed by atoms with Crippen LogP contribution in [0.5, 0.6) is 0 Å². The summed E-state index contributed by atoms with van der Waals surface area (Å²) in [5.41, 5.74) is 2.60. The van der Waals surface area contributed by atoms with Crippen LogP contribution in [0.3, 0.4) is 0 Å². The fourth-order valence-corrected chi connectivity index (χ4v) is 3.12. The van der Waals surface area contributed by atoms with Crippen LogP contribution in [-0.2, 0) is 4.74 Å². The van der Waals surface area contributed by atoms with Gasteiger partial charge in [-0.2, -0.15) is 0 Å². The topological polar surface area (TPSA) is 38.3 Å². The van der Waals surface area contributed by atoms with E-state index in [1.54, 1.807) is 0 Å². The van der Waals surface area contributed by atoms with Crippen LogP contribution in [0.1, 0.15) is 46.0 Å². The molecular weight excluding hydrogens is 346 g/mol. The number of nitrogens with one attached hydrogen (secondary N) is 1. The molecule has 0 bridgehead atoms. The van der Waals surface area contributed by atoms with Crippen LogP contribution in [0, 0.1) is 5.92 Å². The molecule has 2 rings (SSSR count). The summed E-state index contributed by atoms with van der Waals surface area (Å²) < 4.78 is 5.47. The van der Waals surface area contributed by atoms with Crippen LogP contribution < -0.4 is 5.32 Å². The first kappa shape index (κ1) is 20.3. The first-order chi connectivity index (χ1) is 12.6. The van der Waals surface area contributed by atoms with Gasteiger partial charge in [0.15, 0.2) is 0 Å². The van der Waals surface area contributed by atoms with Gasteiger partial charge in [-0.25, -0.2) is 4.79 Å². The second kappa shape index (κ2) is 10.9. The zero-order chi connectivity index (χ0) is 18.8. The molecule has 1 unspecified atom stereocenters. The molecular formula is C22H28ClNO2. The number of carbonyl (C=O) groups excluding carboxylic acids is 1. The lowest BCUT2D eigenvalue weighted by molar-refractivity contribution is 0.136. The molecule has 3 nitrogen and oxygen atoms in total. The Morgan fingerprint density at radius 3 is 2.65 bits per heavy atom. The molecule has 0 saturated carbocycles. The molecule has 0 aromatic heterocycles. The summed E-state index contributed by atoms with van der Waals surface area (Å²) in [5.74, 6) is 0.426. The Kier molecular flexibility index (Phi) is 8.49. The molecule has 1 atom stereocenters. The Balaban J connectivity index is 1.97. The third kappa shape index (κ3) is 6.38. The number of hydrogen-bond donors (Lipinski definition) is 1. The van der Waals surface area contributed by atoms with Crippen molar-refractivity contribution < 1.29 is 9.53 Å². The average Bonchev–Trinajstić information content (AvgIpc) is 2.65. The quantitative estimate of drug-likeness (QED) is 0.473. The zero-order valence-corrected chi connectivity index (χ0v) is 16.4. The summed E-state index contributed by atoms with van der Waals surface area (Å²) in [5, 5.41) is 3.54. The number of unbranched alkanes of at least 4 members (excludes halogenated alkanes) is 2. The number of benzene rings is 2. The summed E-state index contributed by atoms with van der Waals surface area (Å²) in [4.78, 5) is 12.3. The standard InChI is InChI=1S/C22H28ClNO2/c1-3-5-6-10-17(4-2)16-26-22(25)24-21-14-8-7-13-20(21)18-11-9-12-19(23)15-18/h7-9,11-15,17H,3-6,10,16H2,1-2H3,(H,24,25). The molecule has 0 aliphatic carbocycles. The summed E-state index contributed by atoms with van der Waals surface area (Å²) >= 11 is 6.09. The fraction of sp³-hybridized carbons (Fsp3) is 0.409. The highest BCUT2D eigenvalue weighted by molar-refractivity contribution is 6.30. The minimum atomic E-state index is -0.409. The van der Waals surface area contributed by atoms with Gasteiger partial charge < -0.3 is 4.74 Å². The molecule has 0 saturated heterocycles. The van der Waals surface area contributed by atoms with Crippen LogP contribution in [0.2, 0.25) is 5.02 Å². The van der Waals surface area contributed by atoms with Crippen molar-refractivity contribution in [2.45, 2.75) is 46.0 Å². The lowest BCUT2D eigenvalue weighted by atomic mass is 10.00. The average molecular weight is 374 g/mol. The van der Waals surface area contributed by atoms with Crippen LogP contribution >= 0.6 is 11.6 Å². The second-order valence-corrected chi connectivity index (χ2v) is 6.99. The highest BCUT2D eigenvalue weighted by atomic mass is 35.5. The van der Waals surface area contributed by atoms with E-state index in [0.29, 0.717) is 17.5 Å². The maximum absolute atomic E-state index is 12.3. The molecule has 1 N–H and O–H groups in total. The van der Waals surface area contributed by atoms with Gasteiger partial charge in [0.2, 0.25) is 0 Å². The van der Waals surface area contributed by atoms with Crippen molar-refractivity contribution in [3.63, 3.8) is 0 Å². The molecule has 0 spiro atoms. The van der Waals surface area contributed by atoms with Gasteiger partial charge >= 0.3 is 6.09 Å². The van der Waals surface area contributed by atoms with Gasteiger partial charge in [0.05, 0.1) is 12.3 Å². The van der Waals surface area contributed by atoms with E-state index in [0.717, 1.165) is 29.7 Å². The van der Waals surface area contributed by atoms with Gasteiger partial charge in [-0.3, -0.25) is 5.32 Å². The normalized spacial score (nSPS) is 11.8. The van der Waals surface area contributed by atoms with Gasteiger partial charge in [0.1, 0.15) is 0 Å². The highest BCUT2D eigenvalue weighted by Crippen LogP contribution is 2.29. The van der Waals surface area contributed by atoms with Gasteiger partial charge in [0.25, 0.3) is 0 Å². The maximum Gasteiger partial charge on any atom is 0.411 e. The number of ether oxygens (including phenoxy) is 1. The largest absolute Gasteiger partial charge is 0.449 e. The number of anilines is 1. The lowest BCUT2D eigenvalue weighted by Gasteiger charge is -2.16. The van der Waals surface area contributed by atoms with Crippen molar-refractivity contribution in [1.29, 1.82) is 0 Å². The number of para-hydroxylation sites is 1. The minimum Gasteiger partial charge on any atom is -0.449 e. The smallest absolute Gasteiger partial charge is 0.411 e. The third-order valence-corrected chi connectivity index (χ3v) is 4.78. The van der Waals surface area contributed by atoms with E-state index in [-0.39, 0.29) is 0 Å². The first-order valence-electron chi connectivity index (χ1n) is 9.42. The van der Waals surface area contributed by atoms with Crippen molar-refractivity contribution >= 4 is 23.4 Å². The SMILES string of the molecule is CCCCCC(CC)COC(=O)Nc1ccccc1-c1cccc(Cl)c1. The Labute approximate surface area is 161 Å². The van der Waals surface area contributed by atoms with E-state index in [2.05, 4.69) is 19.2 Å². The third-order valence-electron chi connectivity index (χ3n) is 4.54.